The van der Waals surface area contributed by atoms with Crippen LogP contribution in [0.4, 0.5) is 17.1 Å². The second-order valence-electron chi connectivity index (χ2n) is 14.1. The normalized spacial score (nSPS) is 11.7. The molecule has 11 rings (SSSR count). The third kappa shape index (κ3) is 5.07. The molecule has 0 aliphatic carbocycles. The molecule has 1 aromatic heterocycles. The minimum Gasteiger partial charge on any atom is -0.309 e. The van der Waals surface area contributed by atoms with Crippen LogP contribution in [0.3, 0.4) is 0 Å². The van der Waals surface area contributed by atoms with E-state index in [4.69, 9.17) is 0 Å². The minimum absolute atomic E-state index is 1.13. The molecule has 0 bridgehead atoms. The summed E-state index contributed by atoms with van der Waals surface area (Å²) in [6.07, 6.45) is 0. The maximum atomic E-state index is 2.42. The smallest absolute Gasteiger partial charge is 0.0640 e. The van der Waals surface area contributed by atoms with Crippen LogP contribution in [0.1, 0.15) is 0 Å². The van der Waals surface area contributed by atoms with Crippen LogP contribution in [-0.2, 0) is 0 Å². The van der Waals surface area contributed by atoms with E-state index in [2.05, 4.69) is 205 Å². The van der Waals surface area contributed by atoms with Crippen LogP contribution >= 0.6 is 11.3 Å². The summed E-state index contributed by atoms with van der Waals surface area (Å²) < 4.78 is 2.59. The molecule has 11 aromatic rings. The van der Waals surface area contributed by atoms with E-state index in [0.29, 0.717) is 0 Å². The van der Waals surface area contributed by atoms with Gasteiger partial charge in [-0.25, -0.2) is 0 Å². The number of nitrogens with zero attached hydrogens (tertiary/aromatic N) is 1. The third-order valence-electron chi connectivity index (χ3n) is 11.0. The van der Waals surface area contributed by atoms with Gasteiger partial charge in [0.25, 0.3) is 0 Å². The van der Waals surface area contributed by atoms with E-state index in [1.165, 1.54) is 91.2 Å². The molecule has 10 aromatic carbocycles. The summed E-state index contributed by atoms with van der Waals surface area (Å²) in [6, 6.07) is 73.5. The van der Waals surface area contributed by atoms with Gasteiger partial charge in [-0.1, -0.05) is 152 Å². The molecule has 0 aliphatic heterocycles. The van der Waals surface area contributed by atoms with Crippen molar-refractivity contribution in [2.75, 3.05) is 4.90 Å². The van der Waals surface area contributed by atoms with Gasteiger partial charge in [0.15, 0.2) is 0 Å². The number of fused-ring (bicyclic) bond motifs is 9. The molecule has 54 heavy (non-hydrogen) atoms. The molecule has 0 spiro atoms. The second kappa shape index (κ2) is 12.4. The fourth-order valence-corrected chi connectivity index (χ4v) is 9.53. The highest BCUT2D eigenvalue weighted by molar-refractivity contribution is 7.26. The fraction of sp³-hybridized carbons (Fsp3) is 0. The number of hydrogen-bond acceptors (Lipinski definition) is 2. The first kappa shape index (κ1) is 30.8. The SMILES string of the molecule is c1ccc2c(c1)ccc1cc(-c3ccc(N(c4ccc(-c5ccc6c(ccc7ccccc76)c5)cc4)c4cccc5c4sc4ccccc45)cc3)ccc12. The lowest BCUT2D eigenvalue weighted by molar-refractivity contribution is 1.30. The first-order chi connectivity index (χ1) is 26.7. The van der Waals surface area contributed by atoms with Crippen molar-refractivity contribution in [3.8, 4) is 22.3 Å². The van der Waals surface area contributed by atoms with Crippen LogP contribution in [-0.4, -0.2) is 0 Å². The molecule has 0 fully saturated rings. The maximum Gasteiger partial charge on any atom is 0.0640 e. The predicted molar refractivity (Wildman–Crippen MR) is 235 cm³/mol. The Morgan fingerprint density at radius 2 is 0.741 bits per heavy atom. The molecule has 1 heterocycles. The van der Waals surface area contributed by atoms with E-state index in [-0.39, 0.29) is 0 Å². The van der Waals surface area contributed by atoms with Crippen molar-refractivity contribution in [2.45, 2.75) is 0 Å². The van der Waals surface area contributed by atoms with Gasteiger partial charge in [-0.2, -0.15) is 0 Å². The van der Waals surface area contributed by atoms with Gasteiger partial charge in [0.05, 0.1) is 10.4 Å². The van der Waals surface area contributed by atoms with Gasteiger partial charge in [-0.15, -0.1) is 11.3 Å². The topological polar surface area (TPSA) is 3.24 Å². The lowest BCUT2D eigenvalue weighted by Crippen LogP contribution is -2.10. The first-order valence-corrected chi connectivity index (χ1v) is 19.3. The zero-order valence-corrected chi connectivity index (χ0v) is 30.2. The highest BCUT2D eigenvalue weighted by atomic mass is 32.1. The quantitative estimate of drug-likeness (QED) is 0.161. The van der Waals surface area contributed by atoms with E-state index in [0.717, 1.165) is 11.4 Å². The van der Waals surface area contributed by atoms with Crippen molar-refractivity contribution in [1.82, 2.24) is 0 Å². The molecule has 0 unspecified atom stereocenters. The zero-order valence-electron chi connectivity index (χ0n) is 29.4. The molecule has 0 radical (unpaired) electrons. The van der Waals surface area contributed by atoms with Gasteiger partial charge in [-0.3, -0.25) is 0 Å². The Balaban J connectivity index is 1.01. The van der Waals surface area contributed by atoms with Crippen molar-refractivity contribution in [2.24, 2.45) is 0 Å². The predicted octanol–water partition coefficient (Wildman–Crippen LogP) is 15.5. The van der Waals surface area contributed by atoms with Gasteiger partial charge >= 0.3 is 0 Å². The van der Waals surface area contributed by atoms with Gasteiger partial charge in [-0.05, 0) is 114 Å². The Bertz CT molecular complexity index is 3050. The molecule has 0 amide bonds. The van der Waals surface area contributed by atoms with Gasteiger partial charge in [0, 0.05) is 26.8 Å². The summed E-state index contributed by atoms with van der Waals surface area (Å²) >= 11 is 1.87. The van der Waals surface area contributed by atoms with Crippen LogP contribution in [0.2, 0.25) is 0 Å². The Hall–Kier alpha value is -6.74. The maximum absolute atomic E-state index is 2.42. The molecule has 0 atom stereocenters. The number of thiophene rings is 1. The zero-order chi connectivity index (χ0) is 35.6. The van der Waals surface area contributed by atoms with Crippen LogP contribution < -0.4 is 4.90 Å². The summed E-state index contributed by atoms with van der Waals surface area (Å²) in [4.78, 5) is 2.42. The van der Waals surface area contributed by atoms with Crippen LogP contribution in [0, 0.1) is 0 Å². The average Bonchev–Trinajstić information content (AvgIpc) is 3.63. The van der Waals surface area contributed by atoms with Crippen molar-refractivity contribution >= 4 is 91.7 Å². The van der Waals surface area contributed by atoms with Crippen LogP contribution in [0.25, 0.3) is 85.5 Å². The molecule has 0 aliphatic rings. The van der Waals surface area contributed by atoms with E-state index in [1.54, 1.807) is 0 Å². The Morgan fingerprint density at radius 3 is 1.31 bits per heavy atom. The summed E-state index contributed by atoms with van der Waals surface area (Å²) in [5, 5.41) is 12.8. The highest BCUT2D eigenvalue weighted by Gasteiger charge is 2.18. The highest BCUT2D eigenvalue weighted by Crippen LogP contribution is 2.45. The van der Waals surface area contributed by atoms with Crippen LogP contribution in [0.15, 0.2) is 200 Å². The molecule has 0 saturated heterocycles. The van der Waals surface area contributed by atoms with Crippen molar-refractivity contribution < 1.29 is 0 Å². The van der Waals surface area contributed by atoms with Crippen molar-refractivity contribution in [3.05, 3.63) is 200 Å². The van der Waals surface area contributed by atoms with Gasteiger partial charge in [0.1, 0.15) is 0 Å². The molecule has 0 saturated carbocycles. The van der Waals surface area contributed by atoms with E-state index in [1.807, 2.05) is 11.3 Å². The van der Waals surface area contributed by atoms with Crippen molar-refractivity contribution in [1.29, 1.82) is 0 Å². The van der Waals surface area contributed by atoms with E-state index in [9.17, 15) is 0 Å². The average molecular weight is 704 g/mol. The van der Waals surface area contributed by atoms with Gasteiger partial charge in [0.2, 0.25) is 0 Å². The number of hydrogen-bond donors (Lipinski definition) is 0. The Kier molecular flexibility index (Phi) is 7.11. The molecule has 1 nitrogen and oxygen atoms in total. The standard InChI is InChI=1S/C52H33NS/c1-3-10-44-36(8-1)16-18-40-32-38(24-30-46(40)44)34-20-26-42(27-21-34)53(50-14-7-13-49-48-12-5-6-15-51(48)54-52(49)50)43-28-22-35(23-29-43)39-25-31-47-41(33-39)19-17-37-9-2-4-11-45(37)47/h1-33H. The second-order valence-corrected chi connectivity index (χ2v) is 15.2. The number of benzene rings is 10. The fourth-order valence-electron chi connectivity index (χ4n) is 8.33. The first-order valence-electron chi connectivity index (χ1n) is 18.5. The Labute approximate surface area is 317 Å². The van der Waals surface area contributed by atoms with Crippen molar-refractivity contribution in [3.63, 3.8) is 0 Å². The van der Waals surface area contributed by atoms with Crippen LogP contribution in [0.5, 0.6) is 0 Å². The Morgan fingerprint density at radius 1 is 0.296 bits per heavy atom. The molecule has 0 N–H and O–H groups in total. The summed E-state index contributed by atoms with van der Waals surface area (Å²) in [7, 11) is 0. The number of rotatable bonds is 5. The van der Waals surface area contributed by atoms with Gasteiger partial charge < -0.3 is 4.90 Å². The largest absolute Gasteiger partial charge is 0.309 e. The molecule has 252 valence electrons. The molecular formula is C52H33NS. The monoisotopic (exact) mass is 703 g/mol. The van der Waals surface area contributed by atoms with E-state index >= 15 is 0 Å². The molecule has 2 heteroatoms. The lowest BCUT2D eigenvalue weighted by Gasteiger charge is -2.26. The number of anilines is 3. The minimum atomic E-state index is 1.13. The lowest BCUT2D eigenvalue weighted by atomic mass is 9.97. The molecular weight excluding hydrogens is 671 g/mol. The van der Waals surface area contributed by atoms with E-state index < -0.39 is 0 Å². The summed E-state index contributed by atoms with van der Waals surface area (Å²) in [5.74, 6) is 0. The summed E-state index contributed by atoms with van der Waals surface area (Å²) in [6.45, 7) is 0. The summed E-state index contributed by atoms with van der Waals surface area (Å²) in [5.41, 5.74) is 8.28. The third-order valence-corrected chi connectivity index (χ3v) is 12.2.